The van der Waals surface area contributed by atoms with Gasteiger partial charge in [0.1, 0.15) is 5.76 Å². The van der Waals surface area contributed by atoms with Crippen LogP contribution in [0.3, 0.4) is 0 Å². The summed E-state index contributed by atoms with van der Waals surface area (Å²) >= 11 is 1.85. The van der Waals surface area contributed by atoms with Crippen LogP contribution in [0.2, 0.25) is 0 Å². The fourth-order valence-corrected chi connectivity index (χ4v) is 2.21. The molecule has 0 radical (unpaired) electrons. The van der Waals surface area contributed by atoms with Crippen molar-refractivity contribution in [1.29, 1.82) is 0 Å². The largest absolute Gasteiger partial charge is 0.361 e. The molecule has 1 heterocycles. The highest BCUT2D eigenvalue weighted by molar-refractivity contribution is 7.97. The third-order valence-corrected chi connectivity index (χ3v) is 3.08. The van der Waals surface area contributed by atoms with Crippen molar-refractivity contribution < 1.29 is 4.52 Å². The van der Waals surface area contributed by atoms with Crippen molar-refractivity contribution in [1.82, 2.24) is 5.16 Å². The lowest BCUT2D eigenvalue weighted by atomic mass is 10.2. The van der Waals surface area contributed by atoms with Gasteiger partial charge in [0, 0.05) is 17.6 Å². The predicted molar refractivity (Wildman–Crippen MR) is 62.7 cm³/mol. The van der Waals surface area contributed by atoms with Crippen molar-refractivity contribution in [2.45, 2.75) is 18.4 Å². The number of hydrogen-bond donors (Lipinski definition) is 0. The minimum Gasteiger partial charge on any atom is -0.361 e. The quantitative estimate of drug-likeness (QED) is 0.788. The molecule has 0 fully saturated rings. The average Bonchev–Trinajstić information content (AvgIpc) is 2.66. The second-order valence-corrected chi connectivity index (χ2v) is 4.39. The molecule has 2 aromatic rings. The number of aromatic nitrogens is 1. The zero-order chi connectivity index (χ0) is 10.5. The molecule has 0 aliphatic heterocycles. The Morgan fingerprint density at radius 3 is 2.67 bits per heavy atom. The predicted octanol–water partition coefficient (Wildman–Crippen LogP) is 3.42. The minimum atomic E-state index is 0.880. The molecule has 0 aliphatic carbocycles. The molecule has 0 N–H and O–H groups in total. The van der Waals surface area contributed by atoms with E-state index in [1.165, 1.54) is 5.56 Å². The third-order valence-electron chi connectivity index (χ3n) is 2.04. The van der Waals surface area contributed by atoms with Gasteiger partial charge in [0.05, 0.1) is 5.69 Å². The molecule has 3 heteroatoms. The van der Waals surface area contributed by atoms with E-state index in [0.717, 1.165) is 23.0 Å². The van der Waals surface area contributed by atoms with Crippen molar-refractivity contribution in [3.63, 3.8) is 0 Å². The van der Waals surface area contributed by atoms with Crippen LogP contribution >= 0.6 is 11.8 Å². The molecule has 0 aliphatic rings. The average molecular weight is 219 g/mol. The molecule has 0 amide bonds. The lowest BCUT2D eigenvalue weighted by Crippen LogP contribution is -1.82. The van der Waals surface area contributed by atoms with Crippen LogP contribution in [0, 0.1) is 6.92 Å². The summed E-state index contributed by atoms with van der Waals surface area (Å²) in [5.74, 6) is 2.81. The minimum absolute atomic E-state index is 0.880. The van der Waals surface area contributed by atoms with E-state index in [4.69, 9.17) is 4.52 Å². The molecule has 0 bridgehead atoms. The highest BCUT2D eigenvalue weighted by atomic mass is 32.2. The van der Waals surface area contributed by atoms with E-state index in [2.05, 4.69) is 29.4 Å². The number of nitrogens with zero attached hydrogens (tertiary/aromatic N) is 1. The van der Waals surface area contributed by atoms with E-state index >= 15 is 0 Å². The van der Waals surface area contributed by atoms with Gasteiger partial charge in [0.25, 0.3) is 0 Å². The number of thioether (sulfide) groups is 1. The van der Waals surface area contributed by atoms with E-state index in [1.807, 2.05) is 30.8 Å². The van der Waals surface area contributed by atoms with Gasteiger partial charge >= 0.3 is 0 Å². The van der Waals surface area contributed by atoms with Gasteiger partial charge in [-0.3, -0.25) is 0 Å². The molecular weight excluding hydrogens is 206 g/mol. The standard InChI is InChI=1S/C12H13NOS/c1-10-7-12(13-14-10)9-15-8-11-5-3-2-4-6-11/h2-7H,8-9H2,1H3. The van der Waals surface area contributed by atoms with Gasteiger partial charge in [-0.2, -0.15) is 11.8 Å². The Kier molecular flexibility index (Phi) is 3.45. The lowest BCUT2D eigenvalue weighted by Gasteiger charge is -1.98. The van der Waals surface area contributed by atoms with Crippen molar-refractivity contribution >= 4 is 11.8 Å². The Morgan fingerprint density at radius 1 is 1.20 bits per heavy atom. The topological polar surface area (TPSA) is 26.0 Å². The van der Waals surface area contributed by atoms with Crippen molar-refractivity contribution in [2.75, 3.05) is 0 Å². The van der Waals surface area contributed by atoms with Crippen molar-refractivity contribution in [3.05, 3.63) is 53.4 Å². The van der Waals surface area contributed by atoms with Gasteiger partial charge in [0.15, 0.2) is 0 Å². The molecule has 2 nitrogen and oxygen atoms in total. The van der Waals surface area contributed by atoms with Crippen LogP contribution in [0.15, 0.2) is 40.9 Å². The zero-order valence-corrected chi connectivity index (χ0v) is 9.46. The van der Waals surface area contributed by atoms with Crippen LogP contribution in [0.4, 0.5) is 0 Å². The molecule has 15 heavy (non-hydrogen) atoms. The first-order chi connectivity index (χ1) is 7.34. The Morgan fingerprint density at radius 2 is 2.00 bits per heavy atom. The molecular formula is C12H13NOS. The fraction of sp³-hybridized carbons (Fsp3) is 0.250. The molecule has 78 valence electrons. The van der Waals surface area contributed by atoms with E-state index in [1.54, 1.807) is 0 Å². The summed E-state index contributed by atoms with van der Waals surface area (Å²) in [4.78, 5) is 0. The highest BCUT2D eigenvalue weighted by Crippen LogP contribution is 2.17. The summed E-state index contributed by atoms with van der Waals surface area (Å²) in [7, 11) is 0. The Balaban J connectivity index is 1.80. The van der Waals surface area contributed by atoms with Crippen LogP contribution < -0.4 is 0 Å². The molecule has 0 saturated heterocycles. The normalized spacial score (nSPS) is 10.5. The summed E-state index contributed by atoms with van der Waals surface area (Å²) in [6.45, 7) is 1.92. The van der Waals surface area contributed by atoms with Gasteiger partial charge in [0.2, 0.25) is 0 Å². The van der Waals surface area contributed by atoms with Gasteiger partial charge in [-0.05, 0) is 12.5 Å². The first-order valence-electron chi connectivity index (χ1n) is 4.88. The van der Waals surface area contributed by atoms with Crippen molar-refractivity contribution in [3.8, 4) is 0 Å². The first-order valence-corrected chi connectivity index (χ1v) is 6.04. The molecule has 1 aromatic heterocycles. The molecule has 0 spiro atoms. The third kappa shape index (κ3) is 3.13. The van der Waals surface area contributed by atoms with Gasteiger partial charge in [-0.25, -0.2) is 0 Å². The Labute approximate surface area is 93.7 Å². The Hall–Kier alpha value is -1.22. The monoisotopic (exact) mass is 219 g/mol. The van der Waals surface area contributed by atoms with Crippen LogP contribution in [0.5, 0.6) is 0 Å². The van der Waals surface area contributed by atoms with E-state index in [-0.39, 0.29) is 0 Å². The van der Waals surface area contributed by atoms with Crippen LogP contribution in [0.1, 0.15) is 17.0 Å². The first kappa shape index (κ1) is 10.3. The SMILES string of the molecule is Cc1cc(CSCc2ccccc2)no1. The summed E-state index contributed by atoms with van der Waals surface area (Å²) < 4.78 is 5.00. The molecule has 0 unspecified atom stereocenters. The van der Waals surface area contributed by atoms with Gasteiger partial charge in [-0.15, -0.1) is 0 Å². The number of benzene rings is 1. The maximum absolute atomic E-state index is 5.00. The maximum Gasteiger partial charge on any atom is 0.133 e. The van der Waals surface area contributed by atoms with Crippen LogP contribution in [0.25, 0.3) is 0 Å². The van der Waals surface area contributed by atoms with Crippen LogP contribution in [-0.2, 0) is 11.5 Å². The molecule has 0 saturated carbocycles. The maximum atomic E-state index is 5.00. The smallest absolute Gasteiger partial charge is 0.133 e. The summed E-state index contributed by atoms with van der Waals surface area (Å²) in [6.07, 6.45) is 0. The highest BCUT2D eigenvalue weighted by Gasteiger charge is 2.00. The van der Waals surface area contributed by atoms with E-state index < -0.39 is 0 Å². The number of rotatable bonds is 4. The molecule has 1 aromatic carbocycles. The second kappa shape index (κ2) is 5.03. The van der Waals surface area contributed by atoms with E-state index in [0.29, 0.717) is 0 Å². The fourth-order valence-electron chi connectivity index (χ4n) is 1.33. The van der Waals surface area contributed by atoms with Crippen molar-refractivity contribution in [2.24, 2.45) is 0 Å². The molecule has 0 atom stereocenters. The second-order valence-electron chi connectivity index (χ2n) is 3.41. The van der Waals surface area contributed by atoms with Crippen LogP contribution in [-0.4, -0.2) is 5.16 Å². The van der Waals surface area contributed by atoms with E-state index in [9.17, 15) is 0 Å². The zero-order valence-electron chi connectivity index (χ0n) is 8.64. The Bertz CT molecular complexity index is 411. The summed E-state index contributed by atoms with van der Waals surface area (Å²) in [5, 5.41) is 3.95. The number of aryl methyl sites for hydroxylation is 1. The molecule has 2 rings (SSSR count). The number of hydrogen-bond acceptors (Lipinski definition) is 3. The summed E-state index contributed by atoms with van der Waals surface area (Å²) in [5.41, 5.74) is 2.37. The summed E-state index contributed by atoms with van der Waals surface area (Å²) in [6, 6.07) is 12.4. The van der Waals surface area contributed by atoms with Gasteiger partial charge in [-0.1, -0.05) is 35.5 Å². The van der Waals surface area contributed by atoms with Gasteiger partial charge < -0.3 is 4.52 Å². The lowest BCUT2D eigenvalue weighted by molar-refractivity contribution is 0.393.